The first-order chi connectivity index (χ1) is 15.0. The van der Waals surface area contributed by atoms with Crippen molar-refractivity contribution >= 4 is 28.7 Å². The number of hydrogen-bond donors (Lipinski definition) is 0. The van der Waals surface area contributed by atoms with Crippen LogP contribution in [0, 0.1) is 0 Å². The van der Waals surface area contributed by atoms with E-state index in [0.717, 1.165) is 54.3 Å². The van der Waals surface area contributed by atoms with Gasteiger partial charge in [-0.2, -0.15) is 0 Å². The lowest BCUT2D eigenvalue weighted by Gasteiger charge is -2.35. The van der Waals surface area contributed by atoms with Crippen molar-refractivity contribution in [1.29, 1.82) is 0 Å². The van der Waals surface area contributed by atoms with Gasteiger partial charge in [-0.05, 0) is 44.2 Å². The molecule has 0 unspecified atom stereocenters. The fourth-order valence-corrected chi connectivity index (χ4v) is 4.55. The number of amides is 2. The summed E-state index contributed by atoms with van der Waals surface area (Å²) in [5.41, 5.74) is 3.29. The first kappa shape index (κ1) is 21.3. The van der Waals surface area contributed by atoms with Crippen LogP contribution < -0.4 is 0 Å². The van der Waals surface area contributed by atoms with Crippen LogP contribution in [0.2, 0.25) is 0 Å². The number of benzene rings is 1. The first-order valence-corrected chi connectivity index (χ1v) is 11.1. The van der Waals surface area contributed by atoms with Crippen molar-refractivity contribution in [3.8, 4) is 0 Å². The fraction of sp³-hybridized carbons (Fsp3) is 0.500. The molecule has 31 heavy (non-hydrogen) atoms. The molecule has 1 aromatic carbocycles. The maximum atomic E-state index is 13.3. The van der Waals surface area contributed by atoms with E-state index in [-0.39, 0.29) is 11.8 Å². The Bertz CT molecular complexity index is 1010. The minimum absolute atomic E-state index is 0.0110. The molecule has 0 radical (unpaired) electrons. The molecule has 1 aliphatic heterocycles. The van der Waals surface area contributed by atoms with Crippen molar-refractivity contribution in [2.24, 2.45) is 0 Å². The number of carbonyl (C=O) groups excluding carboxylic acids is 3. The number of rotatable bonds is 3. The number of ether oxygens (including phenoxy) is 1. The molecular formula is C24H29N3O4. The van der Waals surface area contributed by atoms with Gasteiger partial charge in [0.2, 0.25) is 5.91 Å². The Kier molecular flexibility index (Phi) is 6.20. The van der Waals surface area contributed by atoms with Gasteiger partial charge in [-0.25, -0.2) is 4.79 Å². The van der Waals surface area contributed by atoms with Crippen molar-refractivity contribution in [2.75, 3.05) is 26.2 Å². The minimum atomic E-state index is -0.885. The second-order valence-corrected chi connectivity index (χ2v) is 8.37. The van der Waals surface area contributed by atoms with Gasteiger partial charge in [0.15, 0.2) is 6.10 Å². The van der Waals surface area contributed by atoms with Gasteiger partial charge in [-0.3, -0.25) is 14.6 Å². The normalized spacial score (nSPS) is 17.6. The van der Waals surface area contributed by atoms with Gasteiger partial charge >= 0.3 is 5.97 Å². The van der Waals surface area contributed by atoms with E-state index in [0.29, 0.717) is 31.7 Å². The highest BCUT2D eigenvalue weighted by Gasteiger charge is 2.30. The quantitative estimate of drug-likeness (QED) is 0.560. The topological polar surface area (TPSA) is 79.8 Å². The monoisotopic (exact) mass is 423 g/mol. The second-order valence-electron chi connectivity index (χ2n) is 8.37. The molecule has 2 amide bonds. The van der Waals surface area contributed by atoms with Crippen LogP contribution in [0.15, 0.2) is 24.3 Å². The highest BCUT2D eigenvalue weighted by molar-refractivity contribution is 6.05. The Labute approximate surface area is 182 Å². The molecule has 1 saturated heterocycles. The Morgan fingerprint density at radius 2 is 1.65 bits per heavy atom. The third kappa shape index (κ3) is 4.40. The number of fused-ring (bicyclic) bond motifs is 2. The highest BCUT2D eigenvalue weighted by atomic mass is 16.5. The van der Waals surface area contributed by atoms with Crippen LogP contribution in [0.5, 0.6) is 0 Å². The largest absolute Gasteiger partial charge is 0.449 e. The van der Waals surface area contributed by atoms with Gasteiger partial charge in [0, 0.05) is 44.2 Å². The lowest BCUT2D eigenvalue weighted by Crippen LogP contribution is -2.52. The molecule has 4 rings (SSSR count). The Balaban J connectivity index is 1.55. The molecule has 0 saturated carbocycles. The van der Waals surface area contributed by atoms with Crippen molar-refractivity contribution in [3.63, 3.8) is 0 Å². The van der Waals surface area contributed by atoms with Gasteiger partial charge in [-0.15, -0.1) is 0 Å². The second kappa shape index (κ2) is 9.04. The van der Waals surface area contributed by atoms with E-state index in [1.165, 1.54) is 6.92 Å². The predicted octanol–water partition coefficient (Wildman–Crippen LogP) is 2.74. The zero-order valence-electron chi connectivity index (χ0n) is 18.2. The summed E-state index contributed by atoms with van der Waals surface area (Å²) in [6.45, 7) is 5.07. The number of hydrogen-bond acceptors (Lipinski definition) is 5. The van der Waals surface area contributed by atoms with Crippen molar-refractivity contribution in [2.45, 2.75) is 52.1 Å². The molecule has 2 aliphatic rings. The minimum Gasteiger partial charge on any atom is -0.449 e. The molecule has 0 spiro atoms. The van der Waals surface area contributed by atoms with Gasteiger partial charge < -0.3 is 14.5 Å². The summed E-state index contributed by atoms with van der Waals surface area (Å²) < 4.78 is 5.70. The fourth-order valence-electron chi connectivity index (χ4n) is 4.55. The smallest absolute Gasteiger partial charge is 0.339 e. The number of carbonyl (C=O) groups is 3. The van der Waals surface area contributed by atoms with E-state index in [1.807, 2.05) is 24.3 Å². The average molecular weight is 424 g/mol. The third-order valence-electron chi connectivity index (χ3n) is 6.29. The molecule has 7 heteroatoms. The standard InChI is InChI=1S/C24H29N3O4/c1-16(23(29)27-14-12-26(13-15-27)17(2)28)31-24(30)22-18-8-4-3-5-10-20(18)25-21-11-7-6-9-19(21)22/h6-7,9,11,16H,3-5,8,10,12-15H2,1-2H3/t16-/m0/s1. The maximum Gasteiger partial charge on any atom is 0.339 e. The van der Waals surface area contributed by atoms with Crippen LogP contribution in [0.3, 0.4) is 0 Å². The van der Waals surface area contributed by atoms with Crippen LogP contribution in [0.25, 0.3) is 10.9 Å². The summed E-state index contributed by atoms with van der Waals surface area (Å²) in [6, 6.07) is 7.63. The number of esters is 1. The number of aryl methyl sites for hydroxylation is 1. The molecule has 0 bridgehead atoms. The van der Waals surface area contributed by atoms with Crippen molar-refractivity contribution in [1.82, 2.24) is 14.8 Å². The summed E-state index contributed by atoms with van der Waals surface area (Å²) in [6.07, 6.45) is 3.96. The SMILES string of the molecule is CC(=O)N1CCN(C(=O)[C@H](C)OC(=O)c2c3c(nc4ccccc24)CCCCC3)CC1. The molecule has 1 fully saturated rings. The summed E-state index contributed by atoms with van der Waals surface area (Å²) in [5, 5.41) is 0.780. The number of para-hydroxylation sites is 1. The van der Waals surface area contributed by atoms with Gasteiger partial charge in [-0.1, -0.05) is 24.6 Å². The lowest BCUT2D eigenvalue weighted by molar-refractivity contribution is -0.144. The highest BCUT2D eigenvalue weighted by Crippen LogP contribution is 2.29. The van der Waals surface area contributed by atoms with Crippen LogP contribution in [-0.2, 0) is 27.2 Å². The molecule has 2 heterocycles. The number of pyridine rings is 1. The van der Waals surface area contributed by atoms with E-state index in [2.05, 4.69) is 0 Å². The number of aromatic nitrogens is 1. The first-order valence-electron chi connectivity index (χ1n) is 11.1. The third-order valence-corrected chi connectivity index (χ3v) is 6.29. The zero-order valence-corrected chi connectivity index (χ0v) is 18.2. The molecular weight excluding hydrogens is 394 g/mol. The average Bonchev–Trinajstić information content (AvgIpc) is 3.02. The number of nitrogens with zero attached hydrogens (tertiary/aromatic N) is 3. The van der Waals surface area contributed by atoms with Gasteiger partial charge in [0.25, 0.3) is 5.91 Å². The lowest BCUT2D eigenvalue weighted by atomic mass is 9.97. The van der Waals surface area contributed by atoms with Crippen LogP contribution in [0.4, 0.5) is 0 Å². The molecule has 1 aliphatic carbocycles. The van der Waals surface area contributed by atoms with Crippen molar-refractivity contribution < 1.29 is 19.1 Å². The van der Waals surface area contributed by atoms with E-state index in [9.17, 15) is 14.4 Å². The Morgan fingerprint density at radius 3 is 2.39 bits per heavy atom. The number of piperazine rings is 1. The molecule has 164 valence electrons. The Morgan fingerprint density at radius 1 is 0.968 bits per heavy atom. The predicted molar refractivity (Wildman–Crippen MR) is 117 cm³/mol. The summed E-state index contributed by atoms with van der Waals surface area (Å²) in [5.74, 6) is -0.669. The zero-order chi connectivity index (χ0) is 22.0. The summed E-state index contributed by atoms with van der Waals surface area (Å²) >= 11 is 0. The van der Waals surface area contributed by atoms with Gasteiger partial charge in [0.1, 0.15) is 0 Å². The van der Waals surface area contributed by atoms with Crippen molar-refractivity contribution in [3.05, 3.63) is 41.1 Å². The van der Waals surface area contributed by atoms with E-state index in [4.69, 9.17) is 9.72 Å². The van der Waals surface area contributed by atoms with Gasteiger partial charge in [0.05, 0.1) is 11.1 Å². The molecule has 1 aromatic heterocycles. The summed E-state index contributed by atoms with van der Waals surface area (Å²) in [4.78, 5) is 45.9. The van der Waals surface area contributed by atoms with E-state index >= 15 is 0 Å². The Hall–Kier alpha value is -2.96. The molecule has 7 nitrogen and oxygen atoms in total. The van der Waals surface area contributed by atoms with E-state index in [1.54, 1.807) is 16.7 Å². The molecule has 1 atom stereocenters. The van der Waals surface area contributed by atoms with E-state index < -0.39 is 12.1 Å². The van der Waals surface area contributed by atoms with Crippen LogP contribution in [-0.4, -0.2) is 64.9 Å². The van der Waals surface area contributed by atoms with Crippen LogP contribution in [0.1, 0.15) is 54.7 Å². The van der Waals surface area contributed by atoms with Crippen LogP contribution >= 0.6 is 0 Å². The maximum absolute atomic E-state index is 13.3. The summed E-state index contributed by atoms with van der Waals surface area (Å²) in [7, 11) is 0. The molecule has 2 aromatic rings. The molecule has 0 N–H and O–H groups in total.